The third kappa shape index (κ3) is 3.48. The Bertz CT molecular complexity index is 1230. The largest absolute Gasteiger partial charge is 0.486 e. The van der Waals surface area contributed by atoms with Crippen molar-refractivity contribution in [3.8, 4) is 22.8 Å². The van der Waals surface area contributed by atoms with Gasteiger partial charge in [0.2, 0.25) is 0 Å². The molecule has 2 N–H and O–H groups in total. The maximum Gasteiger partial charge on any atom is 0.170 e. The normalized spacial score (nSPS) is 14.0. The van der Waals surface area contributed by atoms with Gasteiger partial charge in [0.05, 0.1) is 24.3 Å². The van der Waals surface area contributed by atoms with Gasteiger partial charge in [-0.1, -0.05) is 6.07 Å². The van der Waals surface area contributed by atoms with Crippen LogP contribution in [-0.2, 0) is 0 Å². The number of hydrogen-bond donors (Lipinski definition) is 2. The van der Waals surface area contributed by atoms with Gasteiger partial charge in [0.15, 0.2) is 23.4 Å². The van der Waals surface area contributed by atoms with Crippen molar-refractivity contribution in [2.45, 2.75) is 6.23 Å². The number of fused-ring (bicyclic) bond motifs is 2. The Balaban J connectivity index is 1.66. The predicted octanol–water partition coefficient (Wildman–Crippen LogP) is 3.59. The summed E-state index contributed by atoms with van der Waals surface area (Å²) >= 11 is 6.63. The number of para-hydroxylation sites is 1. The van der Waals surface area contributed by atoms with Gasteiger partial charge < -0.3 is 19.9 Å². The van der Waals surface area contributed by atoms with E-state index in [1.54, 1.807) is 23.0 Å². The van der Waals surface area contributed by atoms with E-state index in [-0.39, 0.29) is 0 Å². The molecule has 0 spiro atoms. The highest BCUT2D eigenvalue weighted by atomic mass is 79.9. The molecule has 3 aromatic heterocycles. The van der Waals surface area contributed by atoms with Crippen molar-refractivity contribution in [1.82, 2.24) is 24.3 Å². The molecule has 1 aliphatic heterocycles. The number of ether oxygens (including phenoxy) is 2. The Morgan fingerprint density at radius 3 is 2.70 bits per heavy atom. The van der Waals surface area contributed by atoms with Gasteiger partial charge in [-0.2, -0.15) is 0 Å². The summed E-state index contributed by atoms with van der Waals surface area (Å²) < 4.78 is 14.5. The van der Waals surface area contributed by atoms with E-state index < -0.39 is 6.23 Å². The molecule has 152 valence electrons. The van der Waals surface area contributed by atoms with Crippen LogP contribution in [0.2, 0.25) is 0 Å². The molecule has 0 saturated carbocycles. The first kappa shape index (κ1) is 19.2. The van der Waals surface area contributed by atoms with E-state index in [0.29, 0.717) is 62.3 Å². The SMILES string of the molecule is OC(Nc1cnc(Br)cn1)c1c(-c2cccc3c2OCCO3)nc2cnc(Br)cn12. The van der Waals surface area contributed by atoms with E-state index in [1.807, 2.05) is 18.2 Å². The molecule has 0 fully saturated rings. The Hall–Kier alpha value is -2.76. The predicted molar refractivity (Wildman–Crippen MR) is 115 cm³/mol. The molecular weight excluding hydrogens is 520 g/mol. The van der Waals surface area contributed by atoms with Crippen LogP contribution in [0.5, 0.6) is 11.5 Å². The molecule has 1 aromatic carbocycles. The number of rotatable bonds is 4. The lowest BCUT2D eigenvalue weighted by Crippen LogP contribution is -2.17. The van der Waals surface area contributed by atoms with Gasteiger partial charge in [-0.25, -0.2) is 19.9 Å². The molecule has 0 radical (unpaired) electrons. The molecule has 9 nitrogen and oxygen atoms in total. The van der Waals surface area contributed by atoms with Crippen LogP contribution < -0.4 is 14.8 Å². The van der Waals surface area contributed by atoms with Crippen molar-refractivity contribution in [3.63, 3.8) is 0 Å². The standard InChI is InChI=1S/C19H14Br2N6O3/c20-12-6-24-14(7-22-12)25-19(28)17-16(26-15-8-23-13(21)9-27(15)17)10-2-1-3-11-18(10)30-5-4-29-11/h1-3,6-9,19,28H,4-5H2,(H,24,25). The lowest BCUT2D eigenvalue weighted by Gasteiger charge is -2.21. The number of anilines is 1. The van der Waals surface area contributed by atoms with Gasteiger partial charge in [0, 0.05) is 11.8 Å². The van der Waals surface area contributed by atoms with E-state index >= 15 is 0 Å². The van der Waals surface area contributed by atoms with Crippen LogP contribution in [0.15, 0.2) is 52.2 Å². The zero-order valence-corrected chi connectivity index (χ0v) is 18.5. The fourth-order valence-corrected chi connectivity index (χ4v) is 3.78. The maximum atomic E-state index is 11.1. The highest BCUT2D eigenvalue weighted by Gasteiger charge is 2.26. The second kappa shape index (κ2) is 7.82. The van der Waals surface area contributed by atoms with Crippen molar-refractivity contribution in [1.29, 1.82) is 0 Å². The van der Waals surface area contributed by atoms with Crippen LogP contribution in [0.4, 0.5) is 5.82 Å². The molecule has 1 unspecified atom stereocenters. The number of nitrogens with zero attached hydrogens (tertiary/aromatic N) is 5. The van der Waals surface area contributed by atoms with Crippen molar-refractivity contribution in [2.24, 2.45) is 0 Å². The summed E-state index contributed by atoms with van der Waals surface area (Å²) in [5.74, 6) is 1.65. The molecule has 0 saturated heterocycles. The van der Waals surface area contributed by atoms with Crippen molar-refractivity contribution >= 4 is 43.3 Å². The number of aliphatic hydroxyl groups excluding tert-OH is 1. The molecule has 4 heterocycles. The van der Waals surface area contributed by atoms with Crippen LogP contribution in [0.1, 0.15) is 11.9 Å². The van der Waals surface area contributed by atoms with Gasteiger partial charge in [0.25, 0.3) is 0 Å². The number of nitrogens with one attached hydrogen (secondary N) is 1. The number of hydrogen-bond acceptors (Lipinski definition) is 8. The minimum Gasteiger partial charge on any atom is -0.486 e. The zero-order chi connectivity index (χ0) is 20.7. The molecule has 1 atom stereocenters. The van der Waals surface area contributed by atoms with Crippen LogP contribution >= 0.6 is 31.9 Å². The van der Waals surface area contributed by atoms with Crippen LogP contribution in [0, 0.1) is 0 Å². The summed E-state index contributed by atoms with van der Waals surface area (Å²) in [6, 6.07) is 5.59. The Morgan fingerprint density at radius 1 is 1.03 bits per heavy atom. The summed E-state index contributed by atoms with van der Waals surface area (Å²) in [7, 11) is 0. The maximum absolute atomic E-state index is 11.1. The Morgan fingerprint density at radius 2 is 1.87 bits per heavy atom. The fraction of sp³-hybridized carbons (Fsp3) is 0.158. The van der Waals surface area contributed by atoms with Gasteiger partial charge in [-0.15, -0.1) is 0 Å². The highest BCUT2D eigenvalue weighted by molar-refractivity contribution is 9.10. The quantitative estimate of drug-likeness (QED) is 0.383. The molecular formula is C19H14Br2N6O3. The molecule has 0 aliphatic carbocycles. The minimum atomic E-state index is -1.14. The van der Waals surface area contributed by atoms with Gasteiger partial charge >= 0.3 is 0 Å². The van der Waals surface area contributed by atoms with Gasteiger partial charge in [-0.05, 0) is 44.0 Å². The number of aromatic nitrogens is 5. The second-order valence-corrected chi connectivity index (χ2v) is 8.01. The smallest absolute Gasteiger partial charge is 0.170 e. The van der Waals surface area contributed by atoms with Crippen LogP contribution in [0.3, 0.4) is 0 Å². The minimum absolute atomic E-state index is 0.411. The fourth-order valence-electron chi connectivity index (χ4n) is 3.26. The zero-order valence-electron chi connectivity index (χ0n) is 15.3. The number of benzene rings is 1. The van der Waals surface area contributed by atoms with E-state index in [9.17, 15) is 5.11 Å². The molecule has 1 aliphatic rings. The van der Waals surface area contributed by atoms with Crippen LogP contribution in [0.25, 0.3) is 16.9 Å². The Kier molecular flexibility index (Phi) is 5.01. The Labute approximate surface area is 187 Å². The first-order valence-electron chi connectivity index (χ1n) is 8.95. The molecule has 0 bridgehead atoms. The molecule has 4 aromatic rings. The van der Waals surface area contributed by atoms with Crippen LogP contribution in [-0.4, -0.2) is 42.7 Å². The van der Waals surface area contributed by atoms with Crippen molar-refractivity contribution in [3.05, 3.63) is 57.9 Å². The molecule has 5 rings (SSSR count). The summed E-state index contributed by atoms with van der Waals surface area (Å²) in [5, 5.41) is 14.1. The first-order valence-corrected chi connectivity index (χ1v) is 10.5. The van der Waals surface area contributed by atoms with Crippen molar-refractivity contribution < 1.29 is 14.6 Å². The third-order valence-electron chi connectivity index (χ3n) is 4.50. The van der Waals surface area contributed by atoms with E-state index in [2.05, 4.69) is 52.1 Å². The number of halogens is 2. The number of imidazole rings is 1. The van der Waals surface area contributed by atoms with Gasteiger partial charge in [0.1, 0.15) is 33.9 Å². The summed E-state index contributed by atoms with van der Waals surface area (Å²) in [6.45, 7) is 0.923. The second-order valence-electron chi connectivity index (χ2n) is 6.38. The summed E-state index contributed by atoms with van der Waals surface area (Å²) in [6.07, 6.45) is 5.29. The monoisotopic (exact) mass is 532 g/mol. The molecule has 30 heavy (non-hydrogen) atoms. The average Bonchev–Trinajstić information content (AvgIpc) is 3.13. The average molecular weight is 534 g/mol. The summed E-state index contributed by atoms with van der Waals surface area (Å²) in [5.41, 5.74) is 2.33. The lowest BCUT2D eigenvalue weighted by atomic mass is 10.1. The summed E-state index contributed by atoms with van der Waals surface area (Å²) in [4.78, 5) is 17.3. The molecule has 0 amide bonds. The first-order chi connectivity index (χ1) is 14.6. The lowest BCUT2D eigenvalue weighted by molar-refractivity contribution is 0.172. The highest BCUT2D eigenvalue weighted by Crippen LogP contribution is 2.42. The number of aliphatic hydroxyl groups is 1. The molecule has 11 heteroatoms. The van der Waals surface area contributed by atoms with Crippen molar-refractivity contribution in [2.75, 3.05) is 18.5 Å². The van der Waals surface area contributed by atoms with Gasteiger partial charge in [-0.3, -0.25) is 4.40 Å². The third-order valence-corrected chi connectivity index (χ3v) is 5.32. The van der Waals surface area contributed by atoms with E-state index in [4.69, 9.17) is 14.5 Å². The topological polar surface area (TPSA) is 107 Å². The van der Waals surface area contributed by atoms with E-state index in [1.165, 1.54) is 6.20 Å². The van der Waals surface area contributed by atoms with E-state index in [0.717, 1.165) is 0 Å².